The van der Waals surface area contributed by atoms with Gasteiger partial charge >= 0.3 is 0 Å². The van der Waals surface area contributed by atoms with Crippen LogP contribution in [0.1, 0.15) is 24.0 Å². The molecule has 6 heteroatoms. The van der Waals surface area contributed by atoms with Gasteiger partial charge in [0.2, 0.25) is 11.8 Å². The highest BCUT2D eigenvalue weighted by atomic mass is 32.1. The molecule has 0 unspecified atom stereocenters. The van der Waals surface area contributed by atoms with Crippen LogP contribution >= 0.6 is 12.2 Å². The Bertz CT molecular complexity index is 600. The number of nitrogens with one attached hydrogen (secondary N) is 1. The molecule has 0 aromatic heterocycles. The predicted molar refractivity (Wildman–Crippen MR) is 74.3 cm³/mol. The monoisotopic (exact) mass is 275 g/mol. The minimum Gasteiger partial charge on any atom is -0.398 e. The third kappa shape index (κ3) is 1.88. The van der Waals surface area contributed by atoms with Gasteiger partial charge in [-0.2, -0.15) is 0 Å². The topological polar surface area (TPSA) is 75.4 Å². The number of benzene rings is 1. The summed E-state index contributed by atoms with van der Waals surface area (Å²) in [5.74, 6) is -0.492. The number of fused-ring (bicyclic) bond motifs is 1. The number of anilines is 1. The Balaban J connectivity index is 1.90. The second-order valence-electron chi connectivity index (χ2n) is 4.78. The quantitative estimate of drug-likeness (QED) is 0.445. The van der Waals surface area contributed by atoms with Crippen LogP contribution in [0, 0.1) is 0 Å². The molecule has 1 fully saturated rings. The molecule has 19 heavy (non-hydrogen) atoms. The molecule has 1 aromatic carbocycles. The van der Waals surface area contributed by atoms with Gasteiger partial charge in [-0.1, -0.05) is 24.4 Å². The van der Waals surface area contributed by atoms with Gasteiger partial charge in [-0.25, -0.2) is 0 Å². The summed E-state index contributed by atoms with van der Waals surface area (Å²) < 4.78 is 0. The Labute approximate surface area is 115 Å². The van der Waals surface area contributed by atoms with Crippen molar-refractivity contribution in [2.75, 3.05) is 5.73 Å². The van der Waals surface area contributed by atoms with Crippen LogP contribution in [0.4, 0.5) is 5.69 Å². The SMILES string of the molecule is Nc1cccc2c1C(=S)N([C@@H]1CCC(=O)NC1=O)C2. The van der Waals surface area contributed by atoms with E-state index in [4.69, 9.17) is 18.0 Å². The van der Waals surface area contributed by atoms with E-state index in [1.165, 1.54) is 0 Å². The Hall–Kier alpha value is -1.95. The van der Waals surface area contributed by atoms with Crippen LogP contribution < -0.4 is 11.1 Å². The molecule has 3 N–H and O–H groups in total. The van der Waals surface area contributed by atoms with Crippen molar-refractivity contribution in [3.63, 3.8) is 0 Å². The van der Waals surface area contributed by atoms with Gasteiger partial charge < -0.3 is 10.6 Å². The third-order valence-corrected chi connectivity index (χ3v) is 4.02. The van der Waals surface area contributed by atoms with E-state index < -0.39 is 0 Å². The minimum atomic E-state index is -0.378. The first kappa shape index (κ1) is 12.1. The maximum absolute atomic E-state index is 11.9. The lowest BCUT2D eigenvalue weighted by Gasteiger charge is -2.30. The van der Waals surface area contributed by atoms with Crippen molar-refractivity contribution in [3.05, 3.63) is 29.3 Å². The highest BCUT2D eigenvalue weighted by Gasteiger charge is 2.37. The molecule has 0 aliphatic carbocycles. The van der Waals surface area contributed by atoms with E-state index in [0.717, 1.165) is 11.1 Å². The fourth-order valence-corrected chi connectivity index (χ4v) is 3.08. The predicted octanol–water partition coefficient (Wildman–Crippen LogP) is 0.565. The Morgan fingerprint density at radius 2 is 2.16 bits per heavy atom. The summed E-state index contributed by atoms with van der Waals surface area (Å²) in [4.78, 5) is 25.6. The molecule has 5 nitrogen and oxygen atoms in total. The number of imide groups is 1. The number of hydrogen-bond donors (Lipinski definition) is 2. The summed E-state index contributed by atoms with van der Waals surface area (Å²) in [5, 5.41) is 2.36. The smallest absolute Gasteiger partial charge is 0.249 e. The average molecular weight is 275 g/mol. The van der Waals surface area contributed by atoms with Gasteiger partial charge in [0.1, 0.15) is 11.0 Å². The third-order valence-electron chi connectivity index (χ3n) is 3.58. The maximum atomic E-state index is 11.9. The van der Waals surface area contributed by atoms with Crippen LogP contribution in [-0.2, 0) is 16.1 Å². The van der Waals surface area contributed by atoms with E-state index in [9.17, 15) is 9.59 Å². The maximum Gasteiger partial charge on any atom is 0.249 e. The molecule has 2 aliphatic heterocycles. The van der Waals surface area contributed by atoms with Gasteiger partial charge in [-0.05, 0) is 18.1 Å². The molecule has 1 aromatic rings. The first-order valence-electron chi connectivity index (χ1n) is 6.10. The van der Waals surface area contributed by atoms with Gasteiger partial charge in [0.15, 0.2) is 0 Å². The minimum absolute atomic E-state index is 0.219. The molecular formula is C13H13N3O2S. The summed E-state index contributed by atoms with van der Waals surface area (Å²) in [7, 11) is 0. The van der Waals surface area contributed by atoms with E-state index in [2.05, 4.69) is 5.32 Å². The average Bonchev–Trinajstić information content (AvgIpc) is 2.68. The number of hydrogen-bond acceptors (Lipinski definition) is 4. The fraction of sp³-hybridized carbons (Fsp3) is 0.308. The Morgan fingerprint density at radius 1 is 1.37 bits per heavy atom. The number of thiocarbonyl (C=S) groups is 1. The van der Waals surface area contributed by atoms with Crippen molar-refractivity contribution in [1.82, 2.24) is 10.2 Å². The number of nitrogens with two attached hydrogens (primary N) is 1. The van der Waals surface area contributed by atoms with Gasteiger partial charge in [-0.15, -0.1) is 0 Å². The number of nitrogens with zero attached hydrogens (tertiary/aromatic N) is 1. The van der Waals surface area contributed by atoms with E-state index in [1.807, 2.05) is 17.0 Å². The molecule has 98 valence electrons. The van der Waals surface area contributed by atoms with Crippen LogP contribution in [0.2, 0.25) is 0 Å². The molecule has 1 saturated heterocycles. The van der Waals surface area contributed by atoms with E-state index in [-0.39, 0.29) is 17.9 Å². The van der Waals surface area contributed by atoms with Crippen LogP contribution in [0.15, 0.2) is 18.2 Å². The summed E-state index contributed by atoms with van der Waals surface area (Å²) in [6.45, 7) is 0.575. The highest BCUT2D eigenvalue weighted by molar-refractivity contribution is 7.80. The van der Waals surface area contributed by atoms with E-state index in [0.29, 0.717) is 30.1 Å². The summed E-state index contributed by atoms with van der Waals surface area (Å²) in [5.41, 5.74) is 8.46. The normalized spacial score (nSPS) is 22.4. The molecule has 3 rings (SSSR count). The molecule has 1 atom stereocenters. The number of nitrogen functional groups attached to an aromatic ring is 1. The van der Waals surface area contributed by atoms with Crippen molar-refractivity contribution in [2.45, 2.75) is 25.4 Å². The van der Waals surface area contributed by atoms with Gasteiger partial charge in [-0.3, -0.25) is 14.9 Å². The van der Waals surface area contributed by atoms with E-state index in [1.54, 1.807) is 6.07 Å². The molecule has 0 saturated carbocycles. The van der Waals surface area contributed by atoms with Crippen molar-refractivity contribution in [2.24, 2.45) is 0 Å². The molecule has 2 amide bonds. The van der Waals surface area contributed by atoms with E-state index >= 15 is 0 Å². The Kier molecular flexibility index (Phi) is 2.74. The van der Waals surface area contributed by atoms with Crippen LogP contribution in [0.3, 0.4) is 0 Å². The van der Waals surface area contributed by atoms with Crippen LogP contribution in [-0.4, -0.2) is 27.7 Å². The number of rotatable bonds is 1. The van der Waals surface area contributed by atoms with Gasteiger partial charge in [0, 0.05) is 24.2 Å². The van der Waals surface area contributed by atoms with Crippen molar-refractivity contribution in [1.29, 1.82) is 0 Å². The number of carbonyl (C=O) groups is 2. The van der Waals surface area contributed by atoms with Gasteiger partial charge in [0.25, 0.3) is 0 Å². The van der Waals surface area contributed by atoms with Crippen molar-refractivity contribution >= 4 is 34.7 Å². The summed E-state index contributed by atoms with van der Waals surface area (Å²) in [6, 6.07) is 5.27. The number of carbonyl (C=O) groups excluding carboxylic acids is 2. The largest absolute Gasteiger partial charge is 0.398 e. The fourth-order valence-electron chi connectivity index (χ4n) is 2.64. The zero-order valence-corrected chi connectivity index (χ0v) is 11.0. The molecule has 0 bridgehead atoms. The highest BCUT2D eigenvalue weighted by Crippen LogP contribution is 2.31. The second kappa shape index (κ2) is 4.31. The second-order valence-corrected chi connectivity index (χ2v) is 5.17. The van der Waals surface area contributed by atoms with Crippen molar-refractivity contribution in [3.8, 4) is 0 Å². The molecule has 2 aliphatic rings. The molecule has 2 heterocycles. The van der Waals surface area contributed by atoms with Crippen molar-refractivity contribution < 1.29 is 9.59 Å². The number of amides is 2. The first-order chi connectivity index (χ1) is 9.08. The lowest BCUT2D eigenvalue weighted by Crippen LogP contribution is -2.52. The molecule has 0 spiro atoms. The van der Waals surface area contributed by atoms with Gasteiger partial charge in [0.05, 0.1) is 0 Å². The Morgan fingerprint density at radius 3 is 2.84 bits per heavy atom. The standard InChI is InChI=1S/C13H13N3O2S/c14-8-3-1-2-7-6-16(13(19)11(7)8)9-4-5-10(17)15-12(9)18/h1-3,9H,4-6,14H2,(H,15,17,18)/t9-/m1/s1. The van der Waals surface area contributed by atoms with Crippen LogP contribution in [0.5, 0.6) is 0 Å². The number of piperidine rings is 1. The zero-order chi connectivity index (χ0) is 13.6. The lowest BCUT2D eigenvalue weighted by atomic mass is 10.0. The van der Waals surface area contributed by atoms with Crippen LogP contribution in [0.25, 0.3) is 0 Å². The summed E-state index contributed by atoms with van der Waals surface area (Å²) in [6.07, 6.45) is 0.847. The molecule has 0 radical (unpaired) electrons. The lowest BCUT2D eigenvalue weighted by molar-refractivity contribution is -0.136. The zero-order valence-electron chi connectivity index (χ0n) is 10.2. The summed E-state index contributed by atoms with van der Waals surface area (Å²) >= 11 is 5.43. The molecular weight excluding hydrogens is 262 g/mol. The first-order valence-corrected chi connectivity index (χ1v) is 6.51.